The number of hydrogen-bond donors (Lipinski definition) is 2. The number of hydroxylamine groups is 1. The molecule has 2 aromatic rings. The maximum Gasteiger partial charge on any atom is 0.433 e. The van der Waals surface area contributed by atoms with Gasteiger partial charge in [0.2, 0.25) is 5.95 Å². The number of nitrogens with zero attached hydrogens (tertiary/aromatic N) is 4. The van der Waals surface area contributed by atoms with Crippen LogP contribution in [0.2, 0.25) is 0 Å². The van der Waals surface area contributed by atoms with E-state index < -0.39 is 17.8 Å². The van der Waals surface area contributed by atoms with Crippen molar-refractivity contribution in [2.75, 3.05) is 22.9 Å². The van der Waals surface area contributed by atoms with Gasteiger partial charge in [0.25, 0.3) is 5.91 Å². The number of halogens is 3. The van der Waals surface area contributed by atoms with Crippen molar-refractivity contribution in [2.24, 2.45) is 0 Å². The molecule has 142 valence electrons. The molecule has 0 radical (unpaired) electrons. The lowest BCUT2D eigenvalue weighted by molar-refractivity contribution is -0.141. The van der Waals surface area contributed by atoms with Gasteiger partial charge in [-0.1, -0.05) is 0 Å². The molecule has 1 aromatic carbocycles. The largest absolute Gasteiger partial charge is 0.433 e. The molecule has 27 heavy (non-hydrogen) atoms. The topological polar surface area (TPSA) is 81.6 Å². The van der Waals surface area contributed by atoms with Gasteiger partial charge in [0.15, 0.2) is 0 Å². The van der Waals surface area contributed by atoms with Gasteiger partial charge in [0.05, 0.1) is 6.04 Å². The lowest BCUT2D eigenvalue weighted by Gasteiger charge is -2.35. The van der Waals surface area contributed by atoms with Crippen LogP contribution in [0, 0.1) is 0 Å². The lowest BCUT2D eigenvalue weighted by Crippen LogP contribution is -2.47. The van der Waals surface area contributed by atoms with Crippen LogP contribution in [0.4, 0.5) is 24.8 Å². The van der Waals surface area contributed by atoms with Gasteiger partial charge in [-0.2, -0.15) is 13.2 Å². The fraction of sp³-hybridized carbons (Fsp3) is 0.353. The number of rotatable bonds is 3. The summed E-state index contributed by atoms with van der Waals surface area (Å²) in [6.45, 7) is 1.17. The van der Waals surface area contributed by atoms with Crippen molar-refractivity contribution in [2.45, 2.75) is 24.7 Å². The maximum absolute atomic E-state index is 12.9. The molecule has 2 aliphatic heterocycles. The number of amides is 1. The van der Waals surface area contributed by atoms with Crippen molar-refractivity contribution in [3.63, 3.8) is 0 Å². The normalized spacial score (nSPS) is 21.6. The minimum atomic E-state index is -4.49. The Balaban J connectivity index is 1.49. The van der Waals surface area contributed by atoms with Gasteiger partial charge < -0.3 is 9.80 Å². The summed E-state index contributed by atoms with van der Waals surface area (Å²) in [5, 5.41) is 8.66. The van der Waals surface area contributed by atoms with E-state index in [0.717, 1.165) is 24.4 Å². The molecule has 4 rings (SSSR count). The van der Waals surface area contributed by atoms with E-state index in [1.165, 1.54) is 0 Å². The Morgan fingerprint density at radius 1 is 1.11 bits per heavy atom. The monoisotopic (exact) mass is 379 g/mol. The van der Waals surface area contributed by atoms with Crippen molar-refractivity contribution in [1.82, 2.24) is 15.4 Å². The van der Waals surface area contributed by atoms with Gasteiger partial charge in [-0.15, -0.1) is 0 Å². The highest BCUT2D eigenvalue weighted by Crippen LogP contribution is 2.37. The zero-order valence-electron chi connectivity index (χ0n) is 14.0. The smallest absolute Gasteiger partial charge is 0.365 e. The summed E-state index contributed by atoms with van der Waals surface area (Å²) in [6.07, 6.45) is -2.55. The third-order valence-electron chi connectivity index (χ3n) is 4.99. The highest BCUT2D eigenvalue weighted by Gasteiger charge is 2.45. The van der Waals surface area contributed by atoms with Crippen molar-refractivity contribution in [1.29, 1.82) is 0 Å². The minimum absolute atomic E-state index is 0.0268. The third kappa shape index (κ3) is 3.16. The molecule has 3 heterocycles. The number of alkyl halides is 3. The average molecular weight is 379 g/mol. The molecule has 7 nitrogen and oxygen atoms in total. The van der Waals surface area contributed by atoms with Crippen LogP contribution >= 0.6 is 0 Å². The highest BCUT2D eigenvalue weighted by atomic mass is 19.4. The van der Waals surface area contributed by atoms with Gasteiger partial charge in [-0.05, 0) is 36.8 Å². The molecule has 2 N–H and O–H groups in total. The van der Waals surface area contributed by atoms with Crippen LogP contribution in [0.15, 0.2) is 36.5 Å². The first-order chi connectivity index (χ1) is 12.9. The molecule has 2 fully saturated rings. The number of nitrogens with one attached hydrogen (secondary N) is 1. The first kappa shape index (κ1) is 17.5. The van der Waals surface area contributed by atoms with Crippen LogP contribution in [0.3, 0.4) is 0 Å². The first-order valence-electron chi connectivity index (χ1n) is 8.35. The van der Waals surface area contributed by atoms with Crippen LogP contribution in [0.1, 0.15) is 22.5 Å². The molecule has 1 amide bonds. The van der Waals surface area contributed by atoms with Crippen LogP contribution in [0.5, 0.6) is 0 Å². The Morgan fingerprint density at radius 3 is 2.37 bits per heavy atom. The molecule has 2 aliphatic rings. The molecule has 0 spiro atoms. The van der Waals surface area contributed by atoms with Gasteiger partial charge in [0.1, 0.15) is 5.69 Å². The Kier molecular flexibility index (Phi) is 4.14. The zero-order valence-corrected chi connectivity index (χ0v) is 14.0. The molecular formula is C17H16F3N5O2. The van der Waals surface area contributed by atoms with E-state index >= 15 is 0 Å². The predicted molar refractivity (Wildman–Crippen MR) is 89.6 cm³/mol. The van der Waals surface area contributed by atoms with Crippen molar-refractivity contribution in [3.05, 3.63) is 47.8 Å². The van der Waals surface area contributed by atoms with E-state index in [1.807, 2.05) is 4.90 Å². The van der Waals surface area contributed by atoms with E-state index in [4.69, 9.17) is 5.21 Å². The number of hydrogen-bond acceptors (Lipinski definition) is 6. The molecule has 10 heteroatoms. The summed E-state index contributed by atoms with van der Waals surface area (Å²) >= 11 is 0. The second kappa shape index (κ2) is 6.38. The van der Waals surface area contributed by atoms with E-state index in [9.17, 15) is 18.0 Å². The minimum Gasteiger partial charge on any atom is -0.365 e. The number of piperazine rings is 1. The summed E-state index contributed by atoms with van der Waals surface area (Å²) in [6, 6.07) is 7.83. The lowest BCUT2D eigenvalue weighted by atomic mass is 10.1. The van der Waals surface area contributed by atoms with E-state index in [-0.39, 0.29) is 18.0 Å². The van der Waals surface area contributed by atoms with Gasteiger partial charge in [-0.3, -0.25) is 10.0 Å². The number of aromatic nitrogens is 2. The summed E-state index contributed by atoms with van der Waals surface area (Å²) in [5.74, 6) is -0.482. The molecule has 0 saturated carbocycles. The van der Waals surface area contributed by atoms with Crippen LogP contribution in [0.25, 0.3) is 0 Å². The second-order valence-corrected chi connectivity index (χ2v) is 6.58. The maximum atomic E-state index is 12.9. The molecule has 0 aliphatic carbocycles. The molecule has 2 saturated heterocycles. The Bertz CT molecular complexity index is 858. The van der Waals surface area contributed by atoms with Gasteiger partial charge >= 0.3 is 6.18 Å². The standard InChI is InChI=1S/C17H16F3N5O2/c18-17(19,20)14-5-6-21-16(22-14)25-9-12-7-13(25)8-24(12)11-3-1-10(2-4-11)15(26)23-27/h1-6,12-13,27H,7-9H2,(H,23,26)/t12-,13-/m0/s1. The summed E-state index contributed by atoms with van der Waals surface area (Å²) in [4.78, 5) is 23.1. The molecule has 2 atom stereocenters. The SMILES string of the molecule is O=C(NO)c1ccc(N2C[C@@H]3C[C@H]2CN3c2nccc(C(F)(F)F)n2)cc1. The number of fused-ring (bicyclic) bond motifs is 2. The molecule has 2 bridgehead atoms. The molecule has 0 unspecified atom stereocenters. The fourth-order valence-electron chi connectivity index (χ4n) is 3.74. The third-order valence-corrected chi connectivity index (χ3v) is 4.99. The van der Waals surface area contributed by atoms with Crippen molar-refractivity contribution >= 4 is 17.5 Å². The number of benzene rings is 1. The highest BCUT2D eigenvalue weighted by molar-refractivity contribution is 5.93. The fourth-order valence-corrected chi connectivity index (χ4v) is 3.74. The summed E-state index contributed by atoms with van der Waals surface area (Å²) in [7, 11) is 0. The van der Waals surface area contributed by atoms with Crippen molar-refractivity contribution < 1.29 is 23.2 Å². The predicted octanol–water partition coefficient (Wildman–Crippen LogP) is 2.08. The van der Waals surface area contributed by atoms with Crippen LogP contribution < -0.4 is 15.3 Å². The number of carbonyl (C=O) groups excluding carboxylic acids is 1. The average Bonchev–Trinajstić information content (AvgIpc) is 3.28. The first-order valence-corrected chi connectivity index (χ1v) is 8.35. The van der Waals surface area contributed by atoms with E-state index in [0.29, 0.717) is 18.7 Å². The number of anilines is 2. The van der Waals surface area contributed by atoms with Crippen LogP contribution in [-0.2, 0) is 6.18 Å². The quantitative estimate of drug-likeness (QED) is 0.628. The second-order valence-electron chi connectivity index (χ2n) is 6.58. The Hall–Kier alpha value is -2.88. The van der Waals surface area contributed by atoms with Gasteiger partial charge in [0, 0.05) is 36.6 Å². The van der Waals surface area contributed by atoms with Crippen molar-refractivity contribution in [3.8, 4) is 0 Å². The van der Waals surface area contributed by atoms with E-state index in [1.54, 1.807) is 29.7 Å². The van der Waals surface area contributed by atoms with Gasteiger partial charge in [-0.25, -0.2) is 15.4 Å². The summed E-state index contributed by atoms with van der Waals surface area (Å²) in [5.41, 5.74) is 1.90. The Labute approximate surface area is 152 Å². The molecular weight excluding hydrogens is 363 g/mol. The summed E-state index contributed by atoms with van der Waals surface area (Å²) < 4.78 is 38.6. The molecule has 1 aromatic heterocycles. The zero-order chi connectivity index (χ0) is 19.2. The van der Waals surface area contributed by atoms with E-state index in [2.05, 4.69) is 14.9 Å². The Morgan fingerprint density at radius 2 is 1.78 bits per heavy atom. The van der Waals surface area contributed by atoms with Crippen LogP contribution in [-0.4, -0.2) is 46.3 Å². The number of carbonyl (C=O) groups is 1.